The minimum Gasteiger partial charge on any atom is -0.427 e. The summed E-state index contributed by atoms with van der Waals surface area (Å²) in [4.78, 5) is 33.5. The van der Waals surface area contributed by atoms with Gasteiger partial charge in [0.1, 0.15) is 5.82 Å². The summed E-state index contributed by atoms with van der Waals surface area (Å²) in [5.41, 5.74) is 2.02. The average molecular weight is 418 g/mol. The van der Waals surface area contributed by atoms with Gasteiger partial charge in [-0.05, 0) is 42.8 Å². The highest BCUT2D eigenvalue weighted by atomic mass is 79.9. The van der Waals surface area contributed by atoms with Crippen LogP contribution >= 0.6 is 15.9 Å². The number of imide groups is 1. The topological polar surface area (TPSA) is 75.3 Å². The molecule has 26 heavy (non-hydrogen) atoms. The molecule has 2 heterocycles. The van der Waals surface area contributed by atoms with Crippen molar-refractivity contribution in [1.82, 2.24) is 14.9 Å². The molecule has 0 saturated carbocycles. The van der Waals surface area contributed by atoms with E-state index in [9.17, 15) is 14.0 Å². The van der Waals surface area contributed by atoms with Gasteiger partial charge in [-0.3, -0.25) is 4.79 Å². The fourth-order valence-corrected chi connectivity index (χ4v) is 3.31. The highest BCUT2D eigenvalue weighted by Gasteiger charge is 2.45. The van der Waals surface area contributed by atoms with Gasteiger partial charge in [0.25, 0.3) is 5.91 Å². The maximum absolute atomic E-state index is 13.1. The van der Waals surface area contributed by atoms with Crippen molar-refractivity contribution in [2.75, 3.05) is 0 Å². The van der Waals surface area contributed by atoms with Crippen LogP contribution in [0.4, 0.5) is 9.18 Å². The highest BCUT2D eigenvalue weighted by Crippen LogP contribution is 2.33. The van der Waals surface area contributed by atoms with Gasteiger partial charge in [-0.15, -0.1) is 0 Å². The van der Waals surface area contributed by atoms with E-state index >= 15 is 0 Å². The summed E-state index contributed by atoms with van der Waals surface area (Å²) in [7, 11) is 0. The van der Waals surface area contributed by atoms with Crippen molar-refractivity contribution in [3.63, 3.8) is 0 Å². The maximum Gasteiger partial charge on any atom is 0.418 e. The number of nitrogens with zero attached hydrogens (tertiary/aromatic N) is 2. The summed E-state index contributed by atoms with van der Waals surface area (Å²) in [6.45, 7) is 1.69. The molecule has 3 aromatic rings. The number of hydrogen-bond donors (Lipinski definition) is 1. The van der Waals surface area contributed by atoms with Gasteiger partial charge in [0.05, 0.1) is 17.1 Å². The van der Waals surface area contributed by atoms with E-state index in [2.05, 4.69) is 25.9 Å². The van der Waals surface area contributed by atoms with Gasteiger partial charge in [0, 0.05) is 4.47 Å². The summed E-state index contributed by atoms with van der Waals surface area (Å²) < 4.78 is 19.2. The molecule has 1 aromatic heterocycles. The van der Waals surface area contributed by atoms with Gasteiger partial charge >= 0.3 is 6.09 Å². The van der Waals surface area contributed by atoms with Gasteiger partial charge in [0.15, 0.2) is 5.82 Å². The van der Waals surface area contributed by atoms with E-state index in [1.807, 2.05) is 12.1 Å². The normalized spacial score (nSPS) is 18.4. The first kappa shape index (κ1) is 16.7. The third kappa shape index (κ3) is 2.76. The fraction of sp³-hybridized carbons (Fsp3) is 0.167. The molecule has 2 amide bonds. The largest absolute Gasteiger partial charge is 0.427 e. The number of imidazole rings is 1. The lowest BCUT2D eigenvalue weighted by Gasteiger charge is -2.20. The summed E-state index contributed by atoms with van der Waals surface area (Å²) in [5.74, 6) is -0.627. The summed E-state index contributed by atoms with van der Waals surface area (Å²) >= 11 is 3.37. The lowest BCUT2D eigenvalue weighted by atomic mass is 10.1. The van der Waals surface area contributed by atoms with E-state index in [-0.39, 0.29) is 11.6 Å². The quantitative estimate of drug-likeness (QED) is 0.691. The van der Waals surface area contributed by atoms with E-state index in [4.69, 9.17) is 4.74 Å². The highest BCUT2D eigenvalue weighted by molar-refractivity contribution is 9.10. The van der Waals surface area contributed by atoms with E-state index in [1.54, 1.807) is 13.0 Å². The Hall–Kier alpha value is -2.74. The second-order valence-electron chi connectivity index (χ2n) is 5.98. The Kier molecular flexibility index (Phi) is 3.99. The Bertz CT molecular complexity index is 1020. The first-order valence-electron chi connectivity index (χ1n) is 7.88. The number of rotatable bonds is 3. The van der Waals surface area contributed by atoms with Gasteiger partial charge in [-0.2, -0.15) is 0 Å². The molecule has 0 spiro atoms. The van der Waals surface area contributed by atoms with Crippen molar-refractivity contribution < 1.29 is 18.7 Å². The number of fused-ring (bicyclic) bond motifs is 1. The predicted molar refractivity (Wildman–Crippen MR) is 94.7 cm³/mol. The van der Waals surface area contributed by atoms with Gasteiger partial charge in [0.2, 0.25) is 6.10 Å². The van der Waals surface area contributed by atoms with Crippen LogP contribution in [0, 0.1) is 5.82 Å². The number of halogens is 2. The SMILES string of the molecule is C[C@H](c1ccc(F)cc1)N1C(=O)OC(c2nc3cc(Br)ccc3[nH]2)C1=O. The number of carbonyl (C=O) groups excluding carboxylic acids is 2. The van der Waals surface area contributed by atoms with E-state index in [1.165, 1.54) is 24.3 Å². The van der Waals surface area contributed by atoms with Crippen LogP contribution in [-0.4, -0.2) is 26.9 Å². The molecule has 0 aliphatic carbocycles. The van der Waals surface area contributed by atoms with Crippen LogP contribution in [-0.2, 0) is 9.53 Å². The van der Waals surface area contributed by atoms with Crippen molar-refractivity contribution >= 4 is 39.0 Å². The molecule has 6 nitrogen and oxygen atoms in total. The molecule has 2 aromatic carbocycles. The van der Waals surface area contributed by atoms with Crippen molar-refractivity contribution in [2.45, 2.75) is 19.1 Å². The number of H-pyrrole nitrogens is 1. The zero-order valence-corrected chi connectivity index (χ0v) is 15.2. The Morgan fingerprint density at radius 2 is 1.96 bits per heavy atom. The Balaban J connectivity index is 1.64. The number of nitrogens with one attached hydrogen (secondary N) is 1. The van der Waals surface area contributed by atoms with Crippen LogP contribution in [0.15, 0.2) is 46.9 Å². The lowest BCUT2D eigenvalue weighted by Crippen LogP contribution is -2.32. The van der Waals surface area contributed by atoms with Crippen LogP contribution in [0.25, 0.3) is 11.0 Å². The van der Waals surface area contributed by atoms with Crippen molar-refractivity contribution in [3.05, 3.63) is 64.1 Å². The second-order valence-corrected chi connectivity index (χ2v) is 6.90. The molecule has 1 aliphatic rings. The van der Waals surface area contributed by atoms with Crippen LogP contribution in [0.5, 0.6) is 0 Å². The first-order valence-corrected chi connectivity index (χ1v) is 8.67. The number of cyclic esters (lactones) is 1. The second kappa shape index (κ2) is 6.21. The third-order valence-corrected chi connectivity index (χ3v) is 4.82. The number of aromatic nitrogens is 2. The zero-order valence-electron chi connectivity index (χ0n) is 13.6. The molecule has 8 heteroatoms. The molecule has 1 fully saturated rings. The molecule has 132 valence electrons. The molecule has 4 rings (SSSR count). The van der Waals surface area contributed by atoms with Crippen molar-refractivity contribution in [2.24, 2.45) is 0 Å². The molecular weight excluding hydrogens is 405 g/mol. The molecule has 0 bridgehead atoms. The van der Waals surface area contributed by atoms with Crippen LogP contribution in [0.2, 0.25) is 0 Å². The minimum atomic E-state index is -1.13. The standard InChI is InChI=1S/C18H13BrFN3O3/c1-9(10-2-5-12(20)6-3-10)23-17(24)15(26-18(23)25)16-21-13-7-4-11(19)8-14(13)22-16/h2-9,15H,1H3,(H,21,22)/t9-,15?/m1/s1. The zero-order chi connectivity index (χ0) is 18.4. The summed E-state index contributed by atoms with van der Waals surface area (Å²) in [6.07, 6.45) is -1.88. The smallest absolute Gasteiger partial charge is 0.418 e. The number of amides is 2. The first-order chi connectivity index (χ1) is 12.4. The van der Waals surface area contributed by atoms with E-state index in [0.29, 0.717) is 11.1 Å². The molecule has 2 atom stereocenters. The summed E-state index contributed by atoms with van der Waals surface area (Å²) in [5, 5.41) is 0. The third-order valence-electron chi connectivity index (χ3n) is 4.33. The number of hydrogen-bond acceptors (Lipinski definition) is 4. The fourth-order valence-electron chi connectivity index (χ4n) is 2.96. The monoisotopic (exact) mass is 417 g/mol. The molecular formula is C18H13BrFN3O3. The average Bonchev–Trinajstić information content (AvgIpc) is 3.15. The van der Waals surface area contributed by atoms with Crippen molar-refractivity contribution in [1.29, 1.82) is 0 Å². The Morgan fingerprint density at radius 3 is 2.69 bits per heavy atom. The molecule has 0 radical (unpaired) electrons. The number of carbonyl (C=O) groups is 2. The molecule has 1 N–H and O–H groups in total. The van der Waals surface area contributed by atoms with E-state index < -0.39 is 24.1 Å². The Labute approximate surface area is 156 Å². The van der Waals surface area contributed by atoms with Gasteiger partial charge < -0.3 is 9.72 Å². The minimum absolute atomic E-state index is 0.269. The van der Waals surface area contributed by atoms with E-state index in [0.717, 1.165) is 14.9 Å². The number of benzene rings is 2. The van der Waals surface area contributed by atoms with Crippen LogP contribution in [0.3, 0.4) is 0 Å². The van der Waals surface area contributed by atoms with Gasteiger partial charge in [-0.1, -0.05) is 28.1 Å². The molecule has 1 aliphatic heterocycles. The number of aromatic amines is 1. The number of ether oxygens (including phenoxy) is 1. The van der Waals surface area contributed by atoms with Crippen molar-refractivity contribution in [3.8, 4) is 0 Å². The lowest BCUT2D eigenvalue weighted by molar-refractivity contribution is -0.131. The molecule has 1 unspecified atom stereocenters. The van der Waals surface area contributed by atoms with Crippen LogP contribution < -0.4 is 0 Å². The van der Waals surface area contributed by atoms with Gasteiger partial charge in [-0.25, -0.2) is 19.1 Å². The molecule has 1 saturated heterocycles. The van der Waals surface area contributed by atoms with Crippen LogP contribution in [0.1, 0.15) is 30.5 Å². The predicted octanol–water partition coefficient (Wildman–Crippen LogP) is 4.25. The summed E-state index contributed by atoms with van der Waals surface area (Å²) in [6, 6.07) is 10.5. The maximum atomic E-state index is 13.1. The Morgan fingerprint density at radius 1 is 1.23 bits per heavy atom.